The number of aromatic carboxylic acids is 2. The molecule has 2 saturated heterocycles. The van der Waals surface area contributed by atoms with E-state index in [1.54, 1.807) is 34.1 Å². The second-order valence-corrected chi connectivity index (χ2v) is 37.7. The van der Waals surface area contributed by atoms with Crippen molar-refractivity contribution in [3.8, 4) is 23.7 Å². The van der Waals surface area contributed by atoms with E-state index in [9.17, 15) is 48.6 Å². The lowest BCUT2D eigenvalue weighted by Crippen LogP contribution is -2.36. The number of carbonyl (C=O) groups excluding carboxylic acids is 6. The first kappa shape index (κ1) is 110. The Morgan fingerprint density at radius 3 is 1.01 bits per heavy atom. The predicted octanol–water partition coefficient (Wildman–Crippen LogP) is 10.2. The molecule has 2 saturated carbocycles. The summed E-state index contributed by atoms with van der Waals surface area (Å²) in [5.41, 5.74) is 10.1. The lowest BCUT2D eigenvalue weighted by atomic mass is 10.0. The molecule has 4 aromatic heterocycles. The van der Waals surface area contributed by atoms with Crippen molar-refractivity contribution in [1.82, 2.24) is 50.2 Å². The summed E-state index contributed by atoms with van der Waals surface area (Å²) in [7, 11) is 2.69. The fourth-order valence-electron chi connectivity index (χ4n) is 17.5. The minimum absolute atomic E-state index is 0.00128. The minimum atomic E-state index is -1.07. The first-order valence-electron chi connectivity index (χ1n) is 49.4. The molecule has 34 nitrogen and oxygen atoms in total. The van der Waals surface area contributed by atoms with E-state index in [0.717, 1.165) is 105 Å². The van der Waals surface area contributed by atoms with E-state index in [1.807, 2.05) is 157 Å². The van der Waals surface area contributed by atoms with Crippen LogP contribution in [-0.2, 0) is 115 Å². The Kier molecular flexibility index (Phi) is 46.1. The summed E-state index contributed by atoms with van der Waals surface area (Å²) in [5, 5.41) is 24.8. The van der Waals surface area contributed by atoms with E-state index in [0.29, 0.717) is 234 Å². The number of fused-ring (bicyclic) bond motifs is 6. The van der Waals surface area contributed by atoms with Gasteiger partial charge in [-0.05, 0) is 145 Å². The Balaban J connectivity index is 0.000000242. The van der Waals surface area contributed by atoms with E-state index in [-0.39, 0.29) is 96.5 Å². The molecule has 4 N–H and O–H groups in total. The molecular formula is C108H132N12O22S2. The first-order valence-corrected chi connectivity index (χ1v) is 51.7. The summed E-state index contributed by atoms with van der Waals surface area (Å²) in [6.45, 7) is 15.3. The van der Waals surface area contributed by atoms with Crippen LogP contribution in [0.2, 0.25) is 0 Å². The van der Waals surface area contributed by atoms with Crippen molar-refractivity contribution >= 4 is 82.4 Å². The zero-order chi connectivity index (χ0) is 101. The molecule has 8 aromatic rings. The molecule has 4 fully saturated rings. The van der Waals surface area contributed by atoms with Crippen molar-refractivity contribution in [2.45, 2.75) is 115 Å². The van der Waals surface area contributed by atoms with Gasteiger partial charge < -0.3 is 87.5 Å². The number of carboxylic acids is 2. The van der Waals surface area contributed by atoms with Gasteiger partial charge in [0.2, 0.25) is 23.6 Å². The third kappa shape index (κ3) is 36.6. The van der Waals surface area contributed by atoms with Gasteiger partial charge in [0.25, 0.3) is 0 Å². The maximum Gasteiger partial charge on any atom is 0.356 e. The van der Waals surface area contributed by atoms with Gasteiger partial charge in [-0.2, -0.15) is 23.5 Å². The van der Waals surface area contributed by atoms with E-state index in [4.69, 9.17) is 56.8 Å². The number of esters is 2. The van der Waals surface area contributed by atoms with E-state index in [2.05, 4.69) is 73.9 Å². The van der Waals surface area contributed by atoms with Crippen molar-refractivity contribution in [3.63, 3.8) is 0 Å². The number of carboxylic acid groups (broad SMARTS) is 2. The minimum Gasteiger partial charge on any atom is -0.477 e. The first-order chi connectivity index (χ1) is 70.4. The molecule has 6 aliphatic rings. The maximum absolute atomic E-state index is 13.6. The summed E-state index contributed by atoms with van der Waals surface area (Å²) >= 11 is 3.65. The number of benzene rings is 4. The average Bonchev–Trinajstić information content (AvgIpc) is 1.12. The van der Waals surface area contributed by atoms with Crippen molar-refractivity contribution in [2.24, 2.45) is 11.8 Å². The number of carbonyl (C=O) groups is 8. The maximum atomic E-state index is 13.6. The fraction of sp³-hybridized carbons (Fsp3) is 0.481. The molecule has 0 bridgehead atoms. The molecule has 4 unspecified atom stereocenters. The van der Waals surface area contributed by atoms with Crippen LogP contribution in [0.1, 0.15) is 149 Å². The van der Waals surface area contributed by atoms with Crippen molar-refractivity contribution in [2.75, 3.05) is 218 Å². The Morgan fingerprint density at radius 2 is 0.667 bits per heavy atom. The Labute approximate surface area is 850 Å². The zero-order valence-electron chi connectivity index (χ0n) is 82.1. The zero-order valence-corrected chi connectivity index (χ0v) is 83.7. The number of pyridine rings is 4. The summed E-state index contributed by atoms with van der Waals surface area (Å²) in [4.78, 5) is 130. The van der Waals surface area contributed by atoms with Crippen LogP contribution in [0.5, 0.6) is 0 Å². The molecule has 14 rings (SSSR count). The molecule has 768 valence electrons. The lowest BCUT2D eigenvalue weighted by molar-refractivity contribution is -0.125. The van der Waals surface area contributed by atoms with E-state index in [1.165, 1.54) is 26.4 Å². The highest BCUT2D eigenvalue weighted by molar-refractivity contribution is 7.99. The summed E-state index contributed by atoms with van der Waals surface area (Å²) in [6.07, 6.45) is 3.16. The fourth-order valence-corrected chi connectivity index (χ4v) is 19.6. The van der Waals surface area contributed by atoms with Gasteiger partial charge in [0.1, 0.15) is 22.8 Å². The van der Waals surface area contributed by atoms with Gasteiger partial charge in [-0.15, -0.1) is 0 Å². The second kappa shape index (κ2) is 60.4. The summed E-state index contributed by atoms with van der Waals surface area (Å²) < 4.78 is 71.9. The average molecular weight is 2010 g/mol. The molecule has 4 aromatic carbocycles. The SMILES string of the molecule is COC(=O)c1cccc(CN2CCOCCOCCN(Cc3cccc(C(=O)OC)n3)CCOC3CC(CSCCOCCNC(=O)CCC(=O)N4Cc5ccccc5C#Cc5ccccc54)CC3OCC2)n1.O=C(CCC(=O)N1Cc2ccccc2C#Cc2ccccc21)NCCOCCSCC1CC2OCCN(Cc3cccc(C(=O)O)n3)CCOCCOCCN(Cc3cccc(C(=O)O)n3)CCOC2C1. The number of ether oxygens (including phenoxy) is 12. The Morgan fingerprint density at radius 1 is 0.361 bits per heavy atom. The quantitative estimate of drug-likeness (QED) is 0.0165. The molecule has 4 aliphatic heterocycles. The largest absolute Gasteiger partial charge is 0.477 e. The lowest BCUT2D eigenvalue weighted by Gasteiger charge is -2.27. The number of thioether (sulfide) groups is 2. The third-order valence-electron chi connectivity index (χ3n) is 25.1. The number of nitrogens with zero attached hydrogens (tertiary/aromatic N) is 10. The number of anilines is 2. The molecule has 4 atom stereocenters. The van der Waals surface area contributed by atoms with Crippen LogP contribution in [0.4, 0.5) is 11.4 Å². The Hall–Kier alpha value is -11.5. The predicted molar refractivity (Wildman–Crippen MR) is 543 cm³/mol. The topological polar surface area (TPSA) is 383 Å². The van der Waals surface area contributed by atoms with E-state index >= 15 is 0 Å². The van der Waals surface area contributed by atoms with Crippen LogP contribution in [-0.4, -0.2) is 330 Å². The molecular weight excluding hydrogens is 1880 g/mol. The number of methoxy groups -OCH3 is 2. The summed E-state index contributed by atoms with van der Waals surface area (Å²) in [5.74, 6) is 13.2. The van der Waals surface area contributed by atoms with Crippen LogP contribution >= 0.6 is 23.5 Å². The van der Waals surface area contributed by atoms with Crippen LogP contribution in [0.25, 0.3) is 0 Å². The highest BCUT2D eigenvalue weighted by atomic mass is 32.2. The van der Waals surface area contributed by atoms with Gasteiger partial charge in [0.15, 0.2) is 0 Å². The van der Waals surface area contributed by atoms with Crippen molar-refractivity contribution < 1.29 is 105 Å². The Bertz CT molecular complexity index is 5430. The molecule has 0 spiro atoms. The molecule has 0 radical (unpaired) electrons. The molecule has 144 heavy (non-hydrogen) atoms. The standard InChI is InChI=1S/C55H68N6O11S.C53H64N6O11S/c1-66-54(64)47-14-7-12-45(57-47)38-59-22-27-69-31-32-70-28-23-60(39-46-13-8-15-48(58-46)55(65)67-2)25-30-72-51-36-41(35-50(51)71-29-24-59)40-73-34-33-68-26-21-56-52(62)19-20-53(63)61-37-44-11-4-3-9-42(44)17-18-43-10-5-6-16-49(43)61;60-50(17-18-51(61)59-35-42-9-2-1-7-40(42)15-16-41-8-3-4-14-47(41)59)54-19-24-66-31-32-71-38-39-33-48-49(34-39)70-28-23-58(37-44-11-6-13-46(56-44)53(64)65)21-26-68-30-29-67-25-20-57(22-27-69-48)36-43-10-5-12-45(55-43)52(62)63/h3-16,41,50-51H,19-40H2,1-2H3,(H,56,62);1-14,39,48-49H,17-38H2,(H,54,60)(H,62,63)(H,64,65). The molecule has 8 heterocycles. The van der Waals surface area contributed by atoms with Crippen LogP contribution in [0.15, 0.2) is 170 Å². The number of para-hydroxylation sites is 2. The van der Waals surface area contributed by atoms with Crippen molar-refractivity contribution in [3.05, 3.63) is 249 Å². The monoisotopic (exact) mass is 2010 g/mol. The third-order valence-corrected chi connectivity index (χ3v) is 27.4. The van der Waals surface area contributed by atoms with Gasteiger partial charge >= 0.3 is 23.9 Å². The van der Waals surface area contributed by atoms with Crippen LogP contribution in [0.3, 0.4) is 0 Å². The number of hydrogen-bond donors (Lipinski definition) is 4. The summed E-state index contributed by atoms with van der Waals surface area (Å²) in [6, 6.07) is 51.6. The molecule has 2 aliphatic carbocycles. The number of amides is 4. The van der Waals surface area contributed by atoms with Crippen LogP contribution < -0.4 is 20.4 Å². The van der Waals surface area contributed by atoms with Crippen LogP contribution in [0, 0.1) is 35.5 Å². The van der Waals surface area contributed by atoms with Crippen molar-refractivity contribution in [1.29, 1.82) is 0 Å². The van der Waals surface area contributed by atoms with Gasteiger partial charge in [-0.1, -0.05) is 109 Å². The second-order valence-electron chi connectivity index (χ2n) is 35.4. The molecule has 4 amide bonds. The number of aromatic nitrogens is 4. The van der Waals surface area contributed by atoms with Gasteiger partial charge in [0, 0.05) is 151 Å². The van der Waals surface area contributed by atoms with Gasteiger partial charge in [-0.25, -0.2) is 39.1 Å². The van der Waals surface area contributed by atoms with E-state index < -0.39 is 23.9 Å². The highest BCUT2D eigenvalue weighted by Crippen LogP contribution is 2.36. The number of nitrogens with one attached hydrogen (secondary N) is 2. The molecule has 36 heteroatoms. The number of hydrogen-bond acceptors (Lipinski definition) is 30. The number of rotatable bonds is 34. The highest BCUT2D eigenvalue weighted by Gasteiger charge is 2.38. The van der Waals surface area contributed by atoms with Gasteiger partial charge in [0.05, 0.1) is 192 Å². The van der Waals surface area contributed by atoms with Gasteiger partial charge in [-0.3, -0.25) is 38.8 Å². The normalized spacial score (nSPS) is 19.4. The smallest absolute Gasteiger partial charge is 0.356 e.